The maximum Gasteiger partial charge on any atom is 0.407 e. The van der Waals surface area contributed by atoms with E-state index in [0.717, 1.165) is 10.4 Å². The van der Waals surface area contributed by atoms with Gasteiger partial charge in [-0.3, -0.25) is 4.98 Å². The highest BCUT2D eigenvalue weighted by Crippen LogP contribution is 2.15. The molecule has 1 amide bonds. The predicted octanol–water partition coefficient (Wildman–Crippen LogP) is 2.27. The molecule has 5 nitrogen and oxygen atoms in total. The normalized spacial score (nSPS) is 11.8. The van der Waals surface area contributed by atoms with E-state index in [2.05, 4.69) is 10.3 Å². The zero-order valence-electron chi connectivity index (χ0n) is 10.9. The van der Waals surface area contributed by atoms with E-state index in [-0.39, 0.29) is 12.6 Å². The van der Waals surface area contributed by atoms with Crippen molar-refractivity contribution in [1.82, 2.24) is 10.3 Å². The van der Waals surface area contributed by atoms with Gasteiger partial charge in [0, 0.05) is 12.6 Å². The number of carbonyl (C=O) groups excluding carboxylic acids is 1. The van der Waals surface area contributed by atoms with Crippen LogP contribution in [0.3, 0.4) is 0 Å². The number of ether oxygens (including phenoxy) is 1. The quantitative estimate of drug-likeness (QED) is 0.855. The van der Waals surface area contributed by atoms with Gasteiger partial charge in [-0.15, -0.1) is 11.3 Å². The van der Waals surface area contributed by atoms with Crippen molar-refractivity contribution >= 4 is 17.4 Å². The maximum atomic E-state index is 11.8. The standard InChI is InChI=1S/C14H16N3O2S/c15-7-6-13(11-4-2-1-3-5-11)17-14(18)19-9-12-8-16-10-20-12/h1-6,8,10,13H,7,9,15H2,(H,17,18). The maximum absolute atomic E-state index is 11.8. The van der Waals surface area contributed by atoms with E-state index in [0.29, 0.717) is 6.54 Å². The summed E-state index contributed by atoms with van der Waals surface area (Å²) in [6.07, 6.45) is 3.03. The van der Waals surface area contributed by atoms with E-state index >= 15 is 0 Å². The van der Waals surface area contributed by atoms with Gasteiger partial charge in [-0.2, -0.15) is 0 Å². The Kier molecular flexibility index (Phi) is 5.52. The van der Waals surface area contributed by atoms with Crippen LogP contribution in [0.25, 0.3) is 0 Å². The van der Waals surface area contributed by atoms with E-state index in [9.17, 15) is 4.79 Å². The Hall–Kier alpha value is -1.92. The molecule has 1 radical (unpaired) electrons. The van der Waals surface area contributed by atoms with Gasteiger partial charge in [0.1, 0.15) is 6.61 Å². The SMILES string of the molecule is NC[CH]C(NC(=O)OCc1cncs1)c1ccccc1. The van der Waals surface area contributed by atoms with Crippen LogP contribution in [0.15, 0.2) is 42.0 Å². The number of hydrogen-bond donors (Lipinski definition) is 2. The van der Waals surface area contributed by atoms with Gasteiger partial charge in [-0.05, 0) is 12.1 Å². The number of carbonyl (C=O) groups is 1. The Balaban J connectivity index is 1.89. The molecule has 105 valence electrons. The molecule has 0 fully saturated rings. The first-order chi connectivity index (χ1) is 9.79. The van der Waals surface area contributed by atoms with E-state index in [1.165, 1.54) is 11.3 Å². The lowest BCUT2D eigenvalue weighted by Crippen LogP contribution is -2.30. The zero-order chi connectivity index (χ0) is 14.2. The molecule has 3 N–H and O–H groups in total. The summed E-state index contributed by atoms with van der Waals surface area (Å²) in [5.74, 6) is 0. The molecule has 0 aliphatic heterocycles. The van der Waals surface area contributed by atoms with Crippen molar-refractivity contribution in [2.75, 3.05) is 6.54 Å². The number of aromatic nitrogens is 1. The largest absolute Gasteiger partial charge is 0.444 e. The zero-order valence-corrected chi connectivity index (χ0v) is 11.7. The fourth-order valence-corrected chi connectivity index (χ4v) is 2.20. The van der Waals surface area contributed by atoms with Gasteiger partial charge in [-0.25, -0.2) is 4.79 Å². The highest BCUT2D eigenvalue weighted by Gasteiger charge is 2.14. The first-order valence-electron chi connectivity index (χ1n) is 6.18. The number of rotatable bonds is 6. The number of nitrogens with one attached hydrogen (secondary N) is 1. The number of nitrogens with zero attached hydrogens (tertiary/aromatic N) is 1. The monoisotopic (exact) mass is 290 g/mol. The molecule has 0 aliphatic rings. The van der Waals surface area contributed by atoms with Gasteiger partial charge in [0.25, 0.3) is 0 Å². The van der Waals surface area contributed by atoms with E-state index in [1.807, 2.05) is 36.8 Å². The van der Waals surface area contributed by atoms with Crippen LogP contribution in [0.2, 0.25) is 0 Å². The molecule has 1 atom stereocenters. The highest BCUT2D eigenvalue weighted by molar-refractivity contribution is 7.09. The minimum Gasteiger partial charge on any atom is -0.444 e. The Labute approximate surface area is 121 Å². The molecule has 0 spiro atoms. The molecule has 1 heterocycles. The molecule has 0 aliphatic carbocycles. The average molecular weight is 290 g/mol. The Morgan fingerprint density at radius 2 is 2.25 bits per heavy atom. The third kappa shape index (κ3) is 4.32. The van der Waals surface area contributed by atoms with Crippen LogP contribution < -0.4 is 11.1 Å². The van der Waals surface area contributed by atoms with Crippen molar-refractivity contribution in [2.24, 2.45) is 5.73 Å². The molecule has 0 saturated heterocycles. The van der Waals surface area contributed by atoms with Crippen LogP contribution in [0.5, 0.6) is 0 Å². The van der Waals surface area contributed by atoms with Crippen LogP contribution in [-0.4, -0.2) is 17.6 Å². The first-order valence-corrected chi connectivity index (χ1v) is 7.06. The Morgan fingerprint density at radius 1 is 1.45 bits per heavy atom. The molecule has 2 aromatic rings. The number of nitrogens with two attached hydrogens (primary N) is 1. The molecule has 0 bridgehead atoms. The fraction of sp³-hybridized carbons (Fsp3) is 0.214. The fourth-order valence-electron chi connectivity index (χ4n) is 1.69. The lowest BCUT2D eigenvalue weighted by Gasteiger charge is -2.17. The lowest BCUT2D eigenvalue weighted by molar-refractivity contribution is 0.138. The van der Waals surface area contributed by atoms with E-state index in [4.69, 9.17) is 10.5 Å². The molecular weight excluding hydrogens is 274 g/mol. The van der Waals surface area contributed by atoms with Crippen molar-refractivity contribution in [2.45, 2.75) is 12.6 Å². The first kappa shape index (κ1) is 14.5. The summed E-state index contributed by atoms with van der Waals surface area (Å²) in [5.41, 5.74) is 8.20. The third-order valence-electron chi connectivity index (χ3n) is 2.63. The van der Waals surface area contributed by atoms with Crippen LogP contribution in [-0.2, 0) is 11.3 Å². The Morgan fingerprint density at radius 3 is 2.90 bits per heavy atom. The van der Waals surface area contributed by atoms with Gasteiger partial charge >= 0.3 is 6.09 Å². The Bertz CT molecular complexity index is 516. The third-order valence-corrected chi connectivity index (χ3v) is 3.39. The number of amides is 1. The topological polar surface area (TPSA) is 77.2 Å². The molecule has 1 aromatic heterocycles. The van der Waals surface area contributed by atoms with Crippen LogP contribution in [0.4, 0.5) is 4.79 Å². The van der Waals surface area contributed by atoms with Crippen molar-refractivity contribution < 1.29 is 9.53 Å². The van der Waals surface area contributed by atoms with Gasteiger partial charge in [-0.1, -0.05) is 30.3 Å². The molecule has 1 aromatic carbocycles. The summed E-state index contributed by atoms with van der Waals surface area (Å²) >= 11 is 1.45. The second-order valence-corrected chi connectivity index (χ2v) is 5.02. The second-order valence-electron chi connectivity index (χ2n) is 4.05. The van der Waals surface area contributed by atoms with Crippen LogP contribution in [0, 0.1) is 6.42 Å². The van der Waals surface area contributed by atoms with E-state index in [1.54, 1.807) is 11.7 Å². The highest BCUT2D eigenvalue weighted by atomic mass is 32.1. The van der Waals surface area contributed by atoms with Gasteiger partial charge < -0.3 is 15.8 Å². The lowest BCUT2D eigenvalue weighted by atomic mass is 10.0. The van der Waals surface area contributed by atoms with Crippen molar-refractivity contribution in [1.29, 1.82) is 0 Å². The summed E-state index contributed by atoms with van der Waals surface area (Å²) in [6, 6.07) is 9.36. The smallest absolute Gasteiger partial charge is 0.407 e. The minimum absolute atomic E-state index is 0.223. The van der Waals surface area contributed by atoms with Crippen molar-refractivity contribution in [3.8, 4) is 0 Å². The van der Waals surface area contributed by atoms with E-state index < -0.39 is 6.09 Å². The number of alkyl carbamates (subject to hydrolysis) is 1. The molecule has 6 heteroatoms. The summed E-state index contributed by atoms with van der Waals surface area (Å²) in [4.78, 5) is 16.6. The minimum atomic E-state index is -0.475. The predicted molar refractivity (Wildman–Crippen MR) is 78.0 cm³/mol. The number of hydrogen-bond acceptors (Lipinski definition) is 5. The summed E-state index contributed by atoms with van der Waals surface area (Å²) in [7, 11) is 0. The molecular formula is C14H16N3O2S. The summed E-state index contributed by atoms with van der Waals surface area (Å²) in [5, 5.41) is 2.78. The van der Waals surface area contributed by atoms with Gasteiger partial charge in [0.2, 0.25) is 0 Å². The van der Waals surface area contributed by atoms with Crippen molar-refractivity contribution in [3.05, 3.63) is 58.9 Å². The summed E-state index contributed by atoms with van der Waals surface area (Å²) < 4.78 is 5.14. The number of benzene rings is 1. The van der Waals surface area contributed by atoms with Gasteiger partial charge in [0.05, 0.1) is 16.4 Å². The average Bonchev–Trinajstić information content (AvgIpc) is 2.99. The number of thiazole rings is 1. The molecule has 1 unspecified atom stereocenters. The second kappa shape index (κ2) is 7.62. The van der Waals surface area contributed by atoms with Crippen LogP contribution >= 0.6 is 11.3 Å². The van der Waals surface area contributed by atoms with Gasteiger partial charge in [0.15, 0.2) is 0 Å². The van der Waals surface area contributed by atoms with Crippen LogP contribution in [0.1, 0.15) is 16.5 Å². The summed E-state index contributed by atoms with van der Waals surface area (Å²) in [6.45, 7) is 0.593. The van der Waals surface area contributed by atoms with Crippen molar-refractivity contribution in [3.63, 3.8) is 0 Å². The molecule has 2 rings (SSSR count). The molecule has 20 heavy (non-hydrogen) atoms. The molecule has 0 saturated carbocycles.